The number of ether oxygens (including phenoxy) is 2. The lowest BCUT2D eigenvalue weighted by atomic mass is 10.1. The standard InChI is InChI=1S/C24H31N3O4S2/c1-5-27(14-13-26(2)33(28,29)23-11-9-21(30-3)10-12-23)17-24-25-20(18-32-24)15-19-7-6-8-22(16-19)31-4/h6-12,16,18H,5,13-15,17H2,1-4H3. The fourth-order valence-electron chi connectivity index (χ4n) is 3.36. The Morgan fingerprint density at radius 1 is 1.00 bits per heavy atom. The molecule has 2 aromatic carbocycles. The van der Waals surface area contributed by atoms with Gasteiger partial charge in [-0.15, -0.1) is 11.3 Å². The molecule has 0 atom stereocenters. The molecule has 0 spiro atoms. The monoisotopic (exact) mass is 489 g/mol. The normalized spacial score (nSPS) is 11.8. The number of hydrogen-bond acceptors (Lipinski definition) is 7. The van der Waals surface area contributed by atoms with E-state index in [-0.39, 0.29) is 4.90 Å². The average molecular weight is 490 g/mol. The first-order valence-corrected chi connectivity index (χ1v) is 13.1. The molecule has 33 heavy (non-hydrogen) atoms. The van der Waals surface area contributed by atoms with E-state index in [1.54, 1.807) is 56.9 Å². The van der Waals surface area contributed by atoms with Gasteiger partial charge in [0.15, 0.2) is 0 Å². The van der Waals surface area contributed by atoms with E-state index in [4.69, 9.17) is 14.5 Å². The number of hydrogen-bond donors (Lipinski definition) is 0. The van der Waals surface area contributed by atoms with Gasteiger partial charge in [0.2, 0.25) is 10.0 Å². The van der Waals surface area contributed by atoms with E-state index in [1.807, 2.05) is 18.2 Å². The van der Waals surface area contributed by atoms with Gasteiger partial charge in [0.1, 0.15) is 16.5 Å². The number of thiazole rings is 1. The van der Waals surface area contributed by atoms with Crippen LogP contribution >= 0.6 is 11.3 Å². The van der Waals surface area contributed by atoms with E-state index in [0.29, 0.717) is 25.4 Å². The summed E-state index contributed by atoms with van der Waals surface area (Å²) in [4.78, 5) is 7.24. The van der Waals surface area contributed by atoms with Crippen molar-refractivity contribution in [3.63, 3.8) is 0 Å². The third kappa shape index (κ3) is 6.77. The van der Waals surface area contributed by atoms with Crippen LogP contribution in [0, 0.1) is 0 Å². The summed E-state index contributed by atoms with van der Waals surface area (Å²) in [6.45, 7) is 4.58. The molecule has 7 nitrogen and oxygen atoms in total. The van der Waals surface area contributed by atoms with Crippen LogP contribution in [0.25, 0.3) is 0 Å². The minimum atomic E-state index is -3.55. The highest BCUT2D eigenvalue weighted by atomic mass is 32.2. The summed E-state index contributed by atoms with van der Waals surface area (Å²) in [5.74, 6) is 1.47. The van der Waals surface area contributed by atoms with Crippen LogP contribution in [-0.4, -0.2) is 63.5 Å². The van der Waals surface area contributed by atoms with Crippen LogP contribution in [-0.2, 0) is 23.0 Å². The summed E-state index contributed by atoms with van der Waals surface area (Å²) in [6, 6.07) is 14.5. The van der Waals surface area contributed by atoms with Crippen LogP contribution in [0.4, 0.5) is 0 Å². The molecule has 9 heteroatoms. The molecular formula is C24H31N3O4S2. The van der Waals surface area contributed by atoms with Gasteiger partial charge >= 0.3 is 0 Å². The summed E-state index contributed by atoms with van der Waals surface area (Å²) in [7, 11) is 1.29. The first-order chi connectivity index (χ1) is 15.8. The molecule has 0 amide bonds. The lowest BCUT2D eigenvalue weighted by Crippen LogP contribution is -2.36. The molecule has 1 aromatic heterocycles. The van der Waals surface area contributed by atoms with Gasteiger partial charge < -0.3 is 9.47 Å². The van der Waals surface area contributed by atoms with Gasteiger partial charge in [-0.3, -0.25) is 4.90 Å². The molecule has 0 saturated carbocycles. The van der Waals surface area contributed by atoms with Crippen molar-refractivity contribution in [1.82, 2.24) is 14.2 Å². The number of nitrogens with zero attached hydrogens (tertiary/aromatic N) is 3. The van der Waals surface area contributed by atoms with Crippen LogP contribution in [0.3, 0.4) is 0 Å². The van der Waals surface area contributed by atoms with Crippen LogP contribution in [0.15, 0.2) is 58.8 Å². The minimum Gasteiger partial charge on any atom is -0.497 e. The summed E-state index contributed by atoms with van der Waals surface area (Å²) in [6.07, 6.45) is 0.753. The van der Waals surface area contributed by atoms with Crippen LogP contribution in [0.2, 0.25) is 0 Å². The van der Waals surface area contributed by atoms with Gasteiger partial charge in [-0.1, -0.05) is 19.1 Å². The molecule has 0 radical (unpaired) electrons. The van der Waals surface area contributed by atoms with Gasteiger partial charge in [0, 0.05) is 31.9 Å². The van der Waals surface area contributed by atoms with Crippen molar-refractivity contribution >= 4 is 21.4 Å². The largest absolute Gasteiger partial charge is 0.497 e. The van der Waals surface area contributed by atoms with E-state index < -0.39 is 10.0 Å². The third-order valence-corrected chi connectivity index (χ3v) is 8.18. The molecule has 3 rings (SSSR count). The fourth-order valence-corrected chi connectivity index (χ4v) is 5.36. The third-order valence-electron chi connectivity index (χ3n) is 5.42. The highest BCUT2D eigenvalue weighted by molar-refractivity contribution is 7.89. The van der Waals surface area contributed by atoms with Crippen LogP contribution < -0.4 is 9.47 Å². The molecule has 3 aromatic rings. The van der Waals surface area contributed by atoms with Crippen molar-refractivity contribution in [1.29, 1.82) is 0 Å². The highest BCUT2D eigenvalue weighted by Gasteiger charge is 2.21. The maximum Gasteiger partial charge on any atom is 0.242 e. The van der Waals surface area contributed by atoms with E-state index in [0.717, 1.165) is 35.0 Å². The maximum atomic E-state index is 12.9. The topological polar surface area (TPSA) is 72.0 Å². The second kappa shape index (κ2) is 11.6. The molecule has 0 aliphatic carbocycles. The number of sulfonamides is 1. The zero-order chi connectivity index (χ0) is 23.8. The summed E-state index contributed by atoms with van der Waals surface area (Å²) in [5, 5.41) is 3.11. The first kappa shape index (κ1) is 25.2. The van der Waals surface area contributed by atoms with E-state index in [9.17, 15) is 8.42 Å². The second-order valence-electron chi connectivity index (χ2n) is 7.63. The Kier molecular flexibility index (Phi) is 8.85. The Balaban J connectivity index is 1.56. The zero-order valence-electron chi connectivity index (χ0n) is 19.5. The molecule has 178 valence electrons. The predicted molar refractivity (Wildman–Crippen MR) is 132 cm³/mol. The van der Waals surface area contributed by atoms with Crippen molar-refractivity contribution in [2.75, 3.05) is 40.9 Å². The van der Waals surface area contributed by atoms with Gasteiger partial charge in [0.05, 0.1) is 31.4 Å². The van der Waals surface area contributed by atoms with Gasteiger partial charge in [-0.2, -0.15) is 4.31 Å². The maximum absolute atomic E-state index is 12.9. The molecule has 0 aliphatic heterocycles. The smallest absolute Gasteiger partial charge is 0.242 e. The zero-order valence-corrected chi connectivity index (χ0v) is 21.2. The van der Waals surface area contributed by atoms with Crippen molar-refractivity contribution in [2.24, 2.45) is 0 Å². The number of rotatable bonds is 12. The number of benzene rings is 2. The summed E-state index contributed by atoms with van der Waals surface area (Å²) < 4.78 is 37.5. The van der Waals surface area contributed by atoms with Crippen LogP contribution in [0.5, 0.6) is 11.5 Å². The first-order valence-electron chi connectivity index (χ1n) is 10.7. The summed E-state index contributed by atoms with van der Waals surface area (Å²) >= 11 is 1.63. The lowest BCUT2D eigenvalue weighted by Gasteiger charge is -2.23. The van der Waals surface area contributed by atoms with Gasteiger partial charge in [0.25, 0.3) is 0 Å². The molecule has 0 N–H and O–H groups in total. The number of methoxy groups -OCH3 is 2. The summed E-state index contributed by atoms with van der Waals surface area (Å²) in [5.41, 5.74) is 2.18. The van der Waals surface area contributed by atoms with Crippen LogP contribution in [0.1, 0.15) is 23.2 Å². The molecule has 0 bridgehead atoms. The average Bonchev–Trinajstić information content (AvgIpc) is 3.28. The number of aromatic nitrogens is 1. The quantitative estimate of drug-likeness (QED) is 0.384. The number of likely N-dealkylation sites (N-methyl/N-ethyl adjacent to an activating group) is 2. The molecule has 0 saturated heterocycles. The Hall–Kier alpha value is -2.46. The molecular weight excluding hydrogens is 458 g/mol. The van der Waals surface area contributed by atoms with Crippen molar-refractivity contribution in [2.45, 2.75) is 24.8 Å². The Morgan fingerprint density at radius 3 is 2.39 bits per heavy atom. The molecule has 1 heterocycles. The van der Waals surface area contributed by atoms with Crippen molar-refractivity contribution < 1.29 is 17.9 Å². The second-order valence-corrected chi connectivity index (χ2v) is 10.6. The van der Waals surface area contributed by atoms with Gasteiger partial charge in [-0.05, 0) is 48.5 Å². The lowest BCUT2D eigenvalue weighted by molar-refractivity contribution is 0.261. The van der Waals surface area contributed by atoms with Gasteiger partial charge in [-0.25, -0.2) is 13.4 Å². The molecule has 0 fully saturated rings. The van der Waals surface area contributed by atoms with Crippen molar-refractivity contribution in [3.8, 4) is 11.5 Å². The fraction of sp³-hybridized carbons (Fsp3) is 0.375. The van der Waals surface area contributed by atoms with Crippen molar-refractivity contribution in [3.05, 3.63) is 70.2 Å². The van der Waals surface area contributed by atoms with E-state index in [1.165, 1.54) is 4.31 Å². The Labute approximate surface area is 200 Å². The Bertz CT molecular complexity index is 1130. The predicted octanol–water partition coefficient (Wildman–Crippen LogP) is 3.89. The SMILES string of the molecule is CCN(CCN(C)S(=O)(=O)c1ccc(OC)cc1)Cc1nc(Cc2cccc(OC)c2)cs1. The molecule has 0 unspecified atom stereocenters. The highest BCUT2D eigenvalue weighted by Crippen LogP contribution is 2.20. The molecule has 0 aliphatic rings. The van der Waals surface area contributed by atoms with E-state index in [2.05, 4.69) is 23.3 Å². The Morgan fingerprint density at radius 2 is 1.73 bits per heavy atom. The van der Waals surface area contributed by atoms with E-state index >= 15 is 0 Å². The minimum absolute atomic E-state index is 0.260.